The molecule has 0 amide bonds. The molecular weight excluding hydrogens is 585 g/mol. The maximum atomic E-state index is 5.02. The van der Waals surface area contributed by atoms with Gasteiger partial charge >= 0.3 is 0 Å². The van der Waals surface area contributed by atoms with Gasteiger partial charge in [0.25, 0.3) is 0 Å². The number of benzene rings is 5. The molecule has 4 nitrogen and oxygen atoms in total. The first kappa shape index (κ1) is 31.3. The third-order valence-electron chi connectivity index (χ3n) is 9.68. The van der Waals surface area contributed by atoms with E-state index in [4.69, 9.17) is 4.98 Å². The Kier molecular flexibility index (Phi) is 8.49. The summed E-state index contributed by atoms with van der Waals surface area (Å²) in [7, 11) is 2.11. The molecule has 0 fully saturated rings. The summed E-state index contributed by atoms with van der Waals surface area (Å²) < 4.78 is 2.31. The smallest absolute Gasteiger partial charge is 0.144 e. The molecule has 7 rings (SSSR count). The van der Waals surface area contributed by atoms with Crippen molar-refractivity contribution >= 4 is 5.69 Å². The van der Waals surface area contributed by atoms with Crippen LogP contribution in [0.5, 0.6) is 0 Å². The standard InChI is InChI=1S/C44H44N4/c1-32(2)40-23-14-24-41(33(3)4)42(40)48-26-25-45-43(48)34-15-12-20-37(29-34)44(35-16-8-6-9-17-35,36-18-10-7-11-19-36)38-21-13-22-39(30-38)47-28-27-46(5)31-47/h6-30,32-33H,31H2,1-5H3. The summed E-state index contributed by atoms with van der Waals surface area (Å²) in [4.78, 5) is 9.52. The molecule has 0 N–H and O–H groups in total. The average molecular weight is 629 g/mol. The highest BCUT2D eigenvalue weighted by Gasteiger charge is 2.39. The molecule has 0 radical (unpaired) electrons. The Morgan fingerprint density at radius 2 is 1.17 bits per heavy atom. The van der Waals surface area contributed by atoms with Gasteiger partial charge in [-0.2, -0.15) is 0 Å². The summed E-state index contributed by atoms with van der Waals surface area (Å²) in [6.45, 7) is 9.93. The normalized spacial score (nSPS) is 13.2. The van der Waals surface area contributed by atoms with Crippen LogP contribution in [0.2, 0.25) is 0 Å². The van der Waals surface area contributed by atoms with E-state index in [1.54, 1.807) is 0 Å². The van der Waals surface area contributed by atoms with Gasteiger partial charge in [0.15, 0.2) is 0 Å². The number of rotatable bonds is 9. The highest BCUT2D eigenvalue weighted by Crippen LogP contribution is 2.47. The minimum absolute atomic E-state index is 0.376. The Morgan fingerprint density at radius 3 is 1.75 bits per heavy atom. The molecule has 240 valence electrons. The summed E-state index contributed by atoms with van der Waals surface area (Å²) in [5.41, 5.74) is 10.4. The molecule has 2 heterocycles. The van der Waals surface area contributed by atoms with E-state index in [1.165, 1.54) is 44.8 Å². The number of hydrogen-bond donors (Lipinski definition) is 0. The molecule has 0 aliphatic carbocycles. The van der Waals surface area contributed by atoms with Crippen molar-refractivity contribution in [3.05, 3.63) is 186 Å². The Morgan fingerprint density at radius 1 is 0.604 bits per heavy atom. The van der Waals surface area contributed by atoms with E-state index in [2.05, 4.69) is 195 Å². The number of anilines is 1. The highest BCUT2D eigenvalue weighted by atomic mass is 15.3. The number of imidazole rings is 1. The number of para-hydroxylation sites is 1. The Bertz CT molecular complexity index is 1970. The Hall–Kier alpha value is -5.35. The van der Waals surface area contributed by atoms with E-state index in [0.717, 1.165) is 18.1 Å². The summed E-state index contributed by atoms with van der Waals surface area (Å²) >= 11 is 0. The zero-order valence-corrected chi connectivity index (χ0v) is 28.6. The summed E-state index contributed by atoms with van der Waals surface area (Å²) in [6.07, 6.45) is 8.35. The maximum absolute atomic E-state index is 5.02. The van der Waals surface area contributed by atoms with Gasteiger partial charge in [-0.3, -0.25) is 4.57 Å². The number of hydrogen-bond acceptors (Lipinski definition) is 3. The number of aromatic nitrogens is 2. The Balaban J connectivity index is 1.48. The molecule has 0 saturated heterocycles. The fraction of sp³-hybridized carbons (Fsp3) is 0.205. The molecule has 6 aromatic rings. The lowest BCUT2D eigenvalue weighted by molar-refractivity contribution is 0.495. The quantitative estimate of drug-likeness (QED) is 0.149. The molecule has 5 aromatic carbocycles. The van der Waals surface area contributed by atoms with E-state index in [1.807, 2.05) is 6.20 Å². The fourth-order valence-electron chi connectivity index (χ4n) is 7.37. The van der Waals surface area contributed by atoms with E-state index in [9.17, 15) is 0 Å². The van der Waals surface area contributed by atoms with Gasteiger partial charge in [0, 0.05) is 43.1 Å². The van der Waals surface area contributed by atoms with Gasteiger partial charge in [0.2, 0.25) is 0 Å². The van der Waals surface area contributed by atoms with Crippen LogP contribution in [-0.2, 0) is 5.41 Å². The van der Waals surface area contributed by atoms with Crippen LogP contribution >= 0.6 is 0 Å². The van der Waals surface area contributed by atoms with E-state index in [-0.39, 0.29) is 0 Å². The largest absolute Gasteiger partial charge is 0.361 e. The molecule has 0 atom stereocenters. The van der Waals surface area contributed by atoms with E-state index < -0.39 is 5.41 Å². The van der Waals surface area contributed by atoms with Gasteiger partial charge in [-0.25, -0.2) is 4.98 Å². The first-order valence-electron chi connectivity index (χ1n) is 17.0. The second-order valence-electron chi connectivity index (χ2n) is 13.5. The fourth-order valence-corrected chi connectivity index (χ4v) is 7.37. The summed E-state index contributed by atoms with van der Waals surface area (Å²) in [6, 6.07) is 46.7. The topological polar surface area (TPSA) is 24.3 Å². The lowest BCUT2D eigenvalue weighted by atomic mass is 9.65. The monoisotopic (exact) mass is 628 g/mol. The molecule has 0 unspecified atom stereocenters. The van der Waals surface area contributed by atoms with E-state index >= 15 is 0 Å². The van der Waals surface area contributed by atoms with Crippen molar-refractivity contribution in [2.45, 2.75) is 44.9 Å². The zero-order valence-electron chi connectivity index (χ0n) is 28.6. The van der Waals surface area contributed by atoms with Gasteiger partial charge in [-0.15, -0.1) is 0 Å². The zero-order chi connectivity index (χ0) is 33.3. The molecule has 4 heteroatoms. The molecule has 1 aliphatic rings. The summed E-state index contributed by atoms with van der Waals surface area (Å²) in [5, 5.41) is 0. The van der Waals surface area contributed by atoms with Crippen LogP contribution in [0.1, 0.15) is 72.9 Å². The van der Waals surface area contributed by atoms with Crippen LogP contribution in [0.4, 0.5) is 5.69 Å². The molecule has 48 heavy (non-hydrogen) atoms. The van der Waals surface area contributed by atoms with Crippen LogP contribution in [0.3, 0.4) is 0 Å². The third-order valence-corrected chi connectivity index (χ3v) is 9.68. The first-order chi connectivity index (χ1) is 23.4. The molecular formula is C44H44N4. The highest BCUT2D eigenvalue weighted by molar-refractivity contribution is 5.69. The minimum Gasteiger partial charge on any atom is -0.361 e. The average Bonchev–Trinajstić information content (AvgIpc) is 3.79. The van der Waals surface area contributed by atoms with Crippen LogP contribution < -0.4 is 4.90 Å². The van der Waals surface area contributed by atoms with Gasteiger partial charge in [0.1, 0.15) is 5.82 Å². The molecule has 0 bridgehead atoms. The van der Waals surface area contributed by atoms with Gasteiger partial charge in [0.05, 0.1) is 17.8 Å². The predicted molar refractivity (Wildman–Crippen MR) is 200 cm³/mol. The van der Waals surface area contributed by atoms with Crippen molar-refractivity contribution in [2.75, 3.05) is 18.6 Å². The van der Waals surface area contributed by atoms with Crippen LogP contribution in [-0.4, -0.2) is 28.2 Å². The van der Waals surface area contributed by atoms with Crippen LogP contribution in [0.15, 0.2) is 152 Å². The predicted octanol–water partition coefficient (Wildman–Crippen LogP) is 10.3. The summed E-state index contributed by atoms with van der Waals surface area (Å²) in [5.74, 6) is 1.70. The van der Waals surface area contributed by atoms with Crippen LogP contribution in [0.25, 0.3) is 17.1 Å². The second kappa shape index (κ2) is 13.0. The third kappa shape index (κ3) is 5.51. The van der Waals surface area contributed by atoms with Crippen molar-refractivity contribution in [1.29, 1.82) is 0 Å². The SMILES string of the molecule is CC(C)c1cccc(C(C)C)c1-n1ccnc1-c1cccc(C(c2ccccc2)(c2ccccc2)c2cccc(N3C=CN(C)C3)c2)c1. The van der Waals surface area contributed by atoms with Crippen molar-refractivity contribution in [1.82, 2.24) is 14.5 Å². The van der Waals surface area contributed by atoms with Gasteiger partial charge in [-0.1, -0.05) is 137 Å². The molecule has 1 aliphatic heterocycles. The number of nitrogens with zero attached hydrogens (tertiary/aromatic N) is 4. The second-order valence-corrected chi connectivity index (χ2v) is 13.5. The molecule has 0 spiro atoms. The first-order valence-corrected chi connectivity index (χ1v) is 17.0. The Labute approximate surface area is 285 Å². The van der Waals surface area contributed by atoms with Crippen molar-refractivity contribution in [2.24, 2.45) is 0 Å². The van der Waals surface area contributed by atoms with E-state index in [0.29, 0.717) is 11.8 Å². The van der Waals surface area contributed by atoms with Gasteiger partial charge < -0.3 is 9.80 Å². The molecule has 0 saturated carbocycles. The van der Waals surface area contributed by atoms with Gasteiger partial charge in [-0.05, 0) is 63.4 Å². The minimum atomic E-state index is -0.583. The van der Waals surface area contributed by atoms with Crippen LogP contribution in [0, 0.1) is 0 Å². The molecule has 1 aromatic heterocycles. The lowest BCUT2D eigenvalue weighted by Gasteiger charge is -2.37. The van der Waals surface area contributed by atoms with Crippen molar-refractivity contribution < 1.29 is 0 Å². The van der Waals surface area contributed by atoms with Crippen molar-refractivity contribution in [3.8, 4) is 17.1 Å². The maximum Gasteiger partial charge on any atom is 0.144 e. The lowest BCUT2D eigenvalue weighted by Crippen LogP contribution is -2.31. The van der Waals surface area contributed by atoms with Crippen molar-refractivity contribution in [3.63, 3.8) is 0 Å².